The molecule has 0 aliphatic rings. The van der Waals surface area contributed by atoms with Gasteiger partial charge in [-0.1, -0.05) is 17.2 Å². The average molecular weight is 437 g/mol. The van der Waals surface area contributed by atoms with Crippen LogP contribution in [-0.2, 0) is 0 Å². The standard InChI is InChI=1S/C26H28O6/c1-6-15(4)7-9-18(14(2)3)23-25(30)24-20(29)12-17(27)13-22(24)32-26(23)16-8-10-19(28)21(11-16)31-5/h6,8,10-13,27-29H,7,9H2,1-5H3/b15-6+. The number of hydrogen-bond acceptors (Lipinski definition) is 6. The first kappa shape index (κ1) is 23.0. The maximum atomic E-state index is 13.7. The molecule has 0 atom stereocenters. The number of hydrogen-bond donors (Lipinski definition) is 3. The molecule has 0 radical (unpaired) electrons. The monoisotopic (exact) mass is 436 g/mol. The van der Waals surface area contributed by atoms with Crippen LogP contribution in [0.2, 0.25) is 0 Å². The molecule has 6 nitrogen and oxygen atoms in total. The topological polar surface area (TPSA) is 100 Å². The zero-order chi connectivity index (χ0) is 23.6. The molecule has 0 amide bonds. The van der Waals surface area contributed by atoms with Crippen molar-refractivity contribution in [3.63, 3.8) is 0 Å². The van der Waals surface area contributed by atoms with Crippen LogP contribution in [-0.4, -0.2) is 22.4 Å². The summed E-state index contributed by atoms with van der Waals surface area (Å²) >= 11 is 0. The molecular formula is C26H28O6. The molecule has 0 saturated heterocycles. The first-order valence-electron chi connectivity index (χ1n) is 10.4. The lowest BCUT2D eigenvalue weighted by atomic mass is 9.91. The van der Waals surface area contributed by atoms with Gasteiger partial charge in [0.15, 0.2) is 11.5 Å². The van der Waals surface area contributed by atoms with Crippen LogP contribution in [0, 0.1) is 0 Å². The van der Waals surface area contributed by atoms with Crippen LogP contribution < -0.4 is 10.2 Å². The lowest BCUT2D eigenvalue weighted by Gasteiger charge is -2.16. The Hall–Kier alpha value is -3.67. The Morgan fingerprint density at radius 2 is 1.75 bits per heavy atom. The predicted octanol–water partition coefficient (Wildman–Crippen LogP) is 6.13. The largest absolute Gasteiger partial charge is 0.508 e. The third-order valence-electron chi connectivity index (χ3n) is 5.57. The number of methoxy groups -OCH3 is 1. The van der Waals surface area contributed by atoms with Crippen molar-refractivity contribution in [2.45, 2.75) is 40.5 Å². The second kappa shape index (κ2) is 9.22. The summed E-state index contributed by atoms with van der Waals surface area (Å²) in [6, 6.07) is 7.11. The van der Waals surface area contributed by atoms with Crippen molar-refractivity contribution in [1.82, 2.24) is 0 Å². The summed E-state index contributed by atoms with van der Waals surface area (Å²) in [6.45, 7) is 7.87. The number of phenolic OH excluding ortho intramolecular Hbond substituents is 3. The lowest BCUT2D eigenvalue weighted by molar-refractivity contribution is 0.373. The third-order valence-corrected chi connectivity index (χ3v) is 5.57. The molecule has 0 unspecified atom stereocenters. The van der Waals surface area contributed by atoms with Crippen molar-refractivity contribution in [3.8, 4) is 34.3 Å². The normalized spacial score (nSPS) is 11.6. The maximum Gasteiger partial charge on any atom is 0.204 e. The average Bonchev–Trinajstić information content (AvgIpc) is 2.74. The van der Waals surface area contributed by atoms with E-state index >= 15 is 0 Å². The Kier molecular flexibility index (Phi) is 6.63. The number of rotatable bonds is 6. The van der Waals surface area contributed by atoms with E-state index in [4.69, 9.17) is 9.15 Å². The molecule has 0 aliphatic heterocycles. The molecule has 1 aromatic heterocycles. The number of phenols is 3. The van der Waals surface area contributed by atoms with E-state index in [1.807, 2.05) is 33.8 Å². The van der Waals surface area contributed by atoms with Gasteiger partial charge in [-0.3, -0.25) is 4.79 Å². The van der Waals surface area contributed by atoms with Crippen LogP contribution in [0.15, 0.2) is 56.8 Å². The smallest absolute Gasteiger partial charge is 0.204 e. The highest BCUT2D eigenvalue weighted by Crippen LogP contribution is 2.39. The van der Waals surface area contributed by atoms with Crippen molar-refractivity contribution in [1.29, 1.82) is 0 Å². The second-order valence-electron chi connectivity index (χ2n) is 7.97. The number of allylic oxidation sites excluding steroid dienone is 4. The van der Waals surface area contributed by atoms with Crippen LogP contribution in [0.4, 0.5) is 0 Å². The van der Waals surface area contributed by atoms with Crippen molar-refractivity contribution < 1.29 is 24.5 Å². The van der Waals surface area contributed by atoms with Gasteiger partial charge in [0, 0.05) is 17.7 Å². The highest BCUT2D eigenvalue weighted by atomic mass is 16.5. The fraction of sp³-hybridized carbons (Fsp3) is 0.269. The molecular weight excluding hydrogens is 408 g/mol. The minimum Gasteiger partial charge on any atom is -0.508 e. The van der Waals surface area contributed by atoms with Gasteiger partial charge in [0.1, 0.15) is 28.2 Å². The molecule has 3 N–H and O–H groups in total. The highest BCUT2D eigenvalue weighted by Gasteiger charge is 2.23. The Bertz CT molecular complexity index is 1290. The molecule has 2 aromatic carbocycles. The van der Waals surface area contributed by atoms with Gasteiger partial charge in [-0.25, -0.2) is 0 Å². The van der Waals surface area contributed by atoms with Gasteiger partial charge in [0.05, 0.1) is 12.7 Å². The van der Waals surface area contributed by atoms with E-state index < -0.39 is 0 Å². The summed E-state index contributed by atoms with van der Waals surface area (Å²) in [6.07, 6.45) is 3.40. The van der Waals surface area contributed by atoms with Gasteiger partial charge >= 0.3 is 0 Å². The maximum absolute atomic E-state index is 13.7. The number of benzene rings is 2. The van der Waals surface area contributed by atoms with Crippen LogP contribution in [0.5, 0.6) is 23.0 Å². The first-order chi connectivity index (χ1) is 15.2. The molecule has 0 saturated carbocycles. The van der Waals surface area contributed by atoms with E-state index in [2.05, 4.69) is 0 Å². The quantitative estimate of drug-likeness (QED) is 0.402. The first-order valence-corrected chi connectivity index (χ1v) is 10.4. The van der Waals surface area contributed by atoms with Crippen molar-refractivity contribution in [2.75, 3.05) is 7.11 Å². The van der Waals surface area contributed by atoms with Gasteiger partial charge in [-0.15, -0.1) is 0 Å². The minimum atomic E-state index is -0.389. The minimum absolute atomic E-state index is 0.00815. The van der Waals surface area contributed by atoms with Crippen molar-refractivity contribution >= 4 is 16.5 Å². The second-order valence-corrected chi connectivity index (χ2v) is 7.97. The summed E-state index contributed by atoms with van der Waals surface area (Å²) in [5, 5.41) is 30.4. The van der Waals surface area contributed by atoms with Crippen molar-refractivity contribution in [3.05, 3.63) is 63.3 Å². The van der Waals surface area contributed by atoms with Crippen LogP contribution in [0.1, 0.15) is 46.1 Å². The van der Waals surface area contributed by atoms with E-state index in [1.54, 1.807) is 12.1 Å². The van der Waals surface area contributed by atoms with Gasteiger partial charge in [0.25, 0.3) is 0 Å². The Balaban J connectivity index is 2.41. The van der Waals surface area contributed by atoms with E-state index in [-0.39, 0.29) is 45.2 Å². The van der Waals surface area contributed by atoms with Gasteiger partial charge in [-0.05, 0) is 64.3 Å². The van der Waals surface area contributed by atoms with E-state index in [0.717, 1.165) is 23.6 Å². The predicted molar refractivity (Wildman–Crippen MR) is 126 cm³/mol. The zero-order valence-corrected chi connectivity index (χ0v) is 18.9. The molecule has 3 rings (SSSR count). The van der Waals surface area contributed by atoms with E-state index in [0.29, 0.717) is 17.5 Å². The van der Waals surface area contributed by atoms with E-state index in [9.17, 15) is 20.1 Å². The Morgan fingerprint density at radius 1 is 1.03 bits per heavy atom. The highest BCUT2D eigenvalue weighted by molar-refractivity contribution is 5.92. The number of fused-ring (bicyclic) bond motifs is 1. The molecule has 0 fully saturated rings. The molecule has 0 aliphatic carbocycles. The molecule has 168 valence electrons. The lowest BCUT2D eigenvalue weighted by Crippen LogP contribution is -2.12. The van der Waals surface area contributed by atoms with Crippen molar-refractivity contribution in [2.24, 2.45) is 0 Å². The number of ether oxygens (including phenoxy) is 1. The summed E-state index contributed by atoms with van der Waals surface area (Å²) in [4.78, 5) is 13.7. The molecule has 1 heterocycles. The summed E-state index contributed by atoms with van der Waals surface area (Å²) in [5.41, 5.74) is 3.50. The molecule has 32 heavy (non-hydrogen) atoms. The van der Waals surface area contributed by atoms with Crippen LogP contribution in [0.3, 0.4) is 0 Å². The van der Waals surface area contributed by atoms with Crippen LogP contribution in [0.25, 0.3) is 27.9 Å². The fourth-order valence-electron chi connectivity index (χ4n) is 3.67. The summed E-state index contributed by atoms with van der Waals surface area (Å²) in [5.74, 6) is -0.0881. The fourth-order valence-corrected chi connectivity index (χ4v) is 3.67. The molecule has 0 spiro atoms. The number of aromatic hydroxyl groups is 3. The van der Waals surface area contributed by atoms with Gasteiger partial charge in [0.2, 0.25) is 5.43 Å². The summed E-state index contributed by atoms with van der Waals surface area (Å²) in [7, 11) is 1.44. The zero-order valence-electron chi connectivity index (χ0n) is 18.9. The molecule has 3 aromatic rings. The molecule has 6 heteroatoms. The summed E-state index contributed by atoms with van der Waals surface area (Å²) < 4.78 is 11.4. The van der Waals surface area contributed by atoms with Gasteiger partial charge < -0.3 is 24.5 Å². The van der Waals surface area contributed by atoms with E-state index in [1.165, 1.54) is 24.8 Å². The van der Waals surface area contributed by atoms with Gasteiger partial charge in [-0.2, -0.15) is 0 Å². The SMILES string of the molecule is C/C=C(\C)CCC(=C(C)C)c1c(-c2ccc(O)c(OC)c2)oc2cc(O)cc(O)c2c1=O. The molecule has 0 bridgehead atoms. The third kappa shape index (κ3) is 4.35. The van der Waals surface area contributed by atoms with Crippen LogP contribution >= 0.6 is 0 Å². The Morgan fingerprint density at radius 3 is 2.38 bits per heavy atom. The Labute approximate surface area is 186 Å².